The largest absolute Gasteiger partial charge is 0.364 e. The molecule has 0 saturated carbocycles. The van der Waals surface area contributed by atoms with E-state index >= 15 is 0 Å². The van der Waals surface area contributed by atoms with Gasteiger partial charge in [0.05, 0.1) is 0 Å². The molecule has 0 aliphatic carbocycles. The Morgan fingerprint density at radius 1 is 1.44 bits per heavy atom. The van der Waals surface area contributed by atoms with E-state index in [-0.39, 0.29) is 22.9 Å². The van der Waals surface area contributed by atoms with Crippen molar-refractivity contribution in [3.63, 3.8) is 0 Å². The fraction of sp³-hybridized carbons (Fsp3) is 0.571. The molecular formula is C14H20N2O2. The Kier molecular flexibility index (Phi) is 3.55. The Balaban J connectivity index is 2.28. The van der Waals surface area contributed by atoms with Gasteiger partial charge in [-0.2, -0.15) is 0 Å². The lowest BCUT2D eigenvalue weighted by Gasteiger charge is -2.37. The van der Waals surface area contributed by atoms with Gasteiger partial charge in [-0.3, -0.25) is 9.59 Å². The van der Waals surface area contributed by atoms with Crippen LogP contribution in [0.15, 0.2) is 17.1 Å². The molecule has 98 valence electrons. The topological polar surface area (TPSA) is 53.2 Å². The van der Waals surface area contributed by atoms with Gasteiger partial charge in [-0.15, -0.1) is 0 Å². The van der Waals surface area contributed by atoms with Crippen LogP contribution in [0.5, 0.6) is 0 Å². The zero-order valence-corrected chi connectivity index (χ0v) is 11.2. The van der Waals surface area contributed by atoms with E-state index in [4.69, 9.17) is 0 Å². The van der Waals surface area contributed by atoms with E-state index in [1.807, 2.05) is 4.90 Å². The number of hydrogen-bond acceptors (Lipinski definition) is 2. The Morgan fingerprint density at radius 3 is 2.83 bits per heavy atom. The first-order valence-corrected chi connectivity index (χ1v) is 6.51. The monoisotopic (exact) mass is 248 g/mol. The summed E-state index contributed by atoms with van der Waals surface area (Å²) in [5.74, 6) is 0.350. The fourth-order valence-electron chi connectivity index (χ4n) is 2.52. The number of nitrogens with zero attached hydrogens (tertiary/aromatic N) is 1. The number of aromatic amines is 1. The van der Waals surface area contributed by atoms with Crippen molar-refractivity contribution in [2.45, 2.75) is 39.7 Å². The van der Waals surface area contributed by atoms with Gasteiger partial charge in [-0.1, -0.05) is 6.92 Å². The number of nitrogens with one attached hydrogen (secondary N) is 1. The van der Waals surface area contributed by atoms with Crippen LogP contribution in [0.4, 0.5) is 0 Å². The molecule has 4 heteroatoms. The summed E-state index contributed by atoms with van der Waals surface area (Å²) in [4.78, 5) is 29.0. The van der Waals surface area contributed by atoms with E-state index < -0.39 is 0 Å². The lowest BCUT2D eigenvalue weighted by molar-refractivity contribution is 0.0549. The Bertz CT molecular complexity index is 507. The first-order chi connectivity index (χ1) is 8.50. The number of carbonyl (C=O) groups excluding carboxylic acids is 1. The molecule has 0 aromatic carbocycles. The molecule has 1 aromatic heterocycles. The summed E-state index contributed by atoms with van der Waals surface area (Å²) in [5.41, 5.74) is 0.833. The highest BCUT2D eigenvalue weighted by molar-refractivity contribution is 5.94. The van der Waals surface area contributed by atoms with Crippen LogP contribution in [0.25, 0.3) is 0 Å². The molecule has 1 aliphatic rings. The van der Waals surface area contributed by atoms with E-state index in [1.165, 1.54) is 12.3 Å². The van der Waals surface area contributed by atoms with Crippen molar-refractivity contribution in [1.82, 2.24) is 9.88 Å². The number of piperidine rings is 1. The minimum Gasteiger partial charge on any atom is -0.364 e. The molecule has 18 heavy (non-hydrogen) atoms. The zero-order chi connectivity index (χ0) is 13.3. The third-order valence-corrected chi connectivity index (χ3v) is 3.92. The number of carbonyl (C=O) groups is 1. The van der Waals surface area contributed by atoms with Crippen molar-refractivity contribution in [2.75, 3.05) is 6.54 Å². The van der Waals surface area contributed by atoms with E-state index in [0.717, 1.165) is 25.1 Å². The number of rotatable bonds is 1. The van der Waals surface area contributed by atoms with Gasteiger partial charge in [0.25, 0.3) is 5.91 Å². The number of hydrogen-bond donors (Lipinski definition) is 1. The summed E-state index contributed by atoms with van der Waals surface area (Å²) in [6, 6.07) is 1.68. The molecule has 2 atom stereocenters. The van der Waals surface area contributed by atoms with E-state index in [2.05, 4.69) is 18.8 Å². The normalized spacial score (nSPS) is 24.1. The molecule has 0 spiro atoms. The number of likely N-dealkylation sites (tertiary alicyclic amines) is 1. The van der Waals surface area contributed by atoms with Crippen molar-refractivity contribution in [1.29, 1.82) is 0 Å². The van der Waals surface area contributed by atoms with E-state index in [1.54, 1.807) is 6.92 Å². The molecule has 1 fully saturated rings. The molecule has 1 N–H and O–H groups in total. The fourth-order valence-corrected chi connectivity index (χ4v) is 2.52. The van der Waals surface area contributed by atoms with Crippen molar-refractivity contribution >= 4 is 5.91 Å². The van der Waals surface area contributed by atoms with E-state index in [0.29, 0.717) is 5.92 Å². The maximum absolute atomic E-state index is 12.4. The highest BCUT2D eigenvalue weighted by Gasteiger charge is 2.29. The number of aryl methyl sites for hydroxylation is 1. The molecule has 0 radical (unpaired) electrons. The Morgan fingerprint density at radius 2 is 2.17 bits per heavy atom. The van der Waals surface area contributed by atoms with Crippen molar-refractivity contribution in [2.24, 2.45) is 5.92 Å². The van der Waals surface area contributed by atoms with Gasteiger partial charge in [0.15, 0.2) is 5.43 Å². The van der Waals surface area contributed by atoms with Crippen molar-refractivity contribution in [3.05, 3.63) is 33.7 Å². The number of pyridine rings is 1. The van der Waals surface area contributed by atoms with Crippen LogP contribution in [0.3, 0.4) is 0 Å². The third kappa shape index (κ3) is 2.33. The van der Waals surface area contributed by atoms with Crippen LogP contribution in [0, 0.1) is 12.8 Å². The lowest BCUT2D eigenvalue weighted by Crippen LogP contribution is -2.47. The minimum absolute atomic E-state index is 0.143. The molecule has 0 bridgehead atoms. The SMILES string of the molecule is Cc1cc(=O)c(C(=O)N2CCCC(C)C2C)c[nH]1. The van der Waals surface area contributed by atoms with Crippen molar-refractivity contribution < 1.29 is 4.79 Å². The predicted molar refractivity (Wildman–Crippen MR) is 70.7 cm³/mol. The van der Waals surface area contributed by atoms with Crippen molar-refractivity contribution in [3.8, 4) is 0 Å². The summed E-state index contributed by atoms with van der Waals surface area (Å²) >= 11 is 0. The molecule has 1 aliphatic heterocycles. The van der Waals surface area contributed by atoms with E-state index in [9.17, 15) is 9.59 Å². The molecule has 1 aromatic rings. The first kappa shape index (κ1) is 12.9. The molecule has 2 rings (SSSR count). The number of amides is 1. The maximum atomic E-state index is 12.4. The summed E-state index contributed by atoms with van der Waals surface area (Å²) in [5, 5.41) is 0. The second-order valence-corrected chi connectivity index (χ2v) is 5.25. The Hall–Kier alpha value is -1.58. The average Bonchev–Trinajstić information content (AvgIpc) is 2.32. The maximum Gasteiger partial charge on any atom is 0.259 e. The summed E-state index contributed by atoms with van der Waals surface area (Å²) in [7, 11) is 0. The first-order valence-electron chi connectivity index (χ1n) is 6.51. The molecule has 1 amide bonds. The second kappa shape index (κ2) is 4.96. The number of aromatic nitrogens is 1. The van der Waals surface area contributed by atoms with Crippen LogP contribution in [0.2, 0.25) is 0 Å². The lowest BCUT2D eigenvalue weighted by atomic mass is 9.91. The Labute approximate surface area is 107 Å². The predicted octanol–water partition coefficient (Wildman–Crippen LogP) is 1.94. The number of H-pyrrole nitrogens is 1. The molecular weight excluding hydrogens is 228 g/mol. The summed E-state index contributed by atoms with van der Waals surface area (Å²) in [6.07, 6.45) is 3.70. The third-order valence-electron chi connectivity index (χ3n) is 3.92. The molecule has 1 saturated heterocycles. The van der Waals surface area contributed by atoms with Crippen LogP contribution >= 0.6 is 0 Å². The standard InChI is InChI=1S/C14H20N2O2/c1-9-5-4-6-16(11(9)3)14(18)12-8-15-10(2)7-13(12)17/h7-9,11H,4-6H2,1-3H3,(H,15,17). The molecule has 4 nitrogen and oxygen atoms in total. The van der Waals surface area contributed by atoms with Crippen LogP contribution in [0.1, 0.15) is 42.7 Å². The quantitative estimate of drug-likeness (QED) is 0.825. The molecule has 2 unspecified atom stereocenters. The van der Waals surface area contributed by atoms with Crippen LogP contribution in [-0.4, -0.2) is 28.4 Å². The van der Waals surface area contributed by atoms with Crippen LogP contribution < -0.4 is 5.43 Å². The van der Waals surface area contributed by atoms with Gasteiger partial charge >= 0.3 is 0 Å². The highest BCUT2D eigenvalue weighted by atomic mass is 16.2. The van der Waals surface area contributed by atoms with Gasteiger partial charge in [0.2, 0.25) is 0 Å². The molecule has 2 heterocycles. The zero-order valence-electron chi connectivity index (χ0n) is 11.2. The smallest absolute Gasteiger partial charge is 0.259 e. The minimum atomic E-state index is -0.193. The van der Waals surface area contributed by atoms with Gasteiger partial charge in [-0.05, 0) is 32.6 Å². The highest BCUT2D eigenvalue weighted by Crippen LogP contribution is 2.23. The average molecular weight is 248 g/mol. The summed E-state index contributed by atoms with van der Waals surface area (Å²) in [6.45, 7) is 6.77. The van der Waals surface area contributed by atoms with Crippen LogP contribution in [-0.2, 0) is 0 Å². The van der Waals surface area contributed by atoms with Gasteiger partial charge in [0, 0.05) is 30.5 Å². The second-order valence-electron chi connectivity index (χ2n) is 5.25. The van der Waals surface area contributed by atoms with Gasteiger partial charge in [0.1, 0.15) is 5.56 Å². The van der Waals surface area contributed by atoms with Gasteiger partial charge in [-0.25, -0.2) is 0 Å². The van der Waals surface area contributed by atoms with Gasteiger partial charge < -0.3 is 9.88 Å². The summed E-state index contributed by atoms with van der Waals surface area (Å²) < 4.78 is 0.